The third-order valence-electron chi connectivity index (χ3n) is 3.57. The largest absolute Gasteiger partial charge is 0.493 e. The second-order valence-electron chi connectivity index (χ2n) is 4.79. The van der Waals surface area contributed by atoms with Gasteiger partial charge in [0.05, 0.1) is 12.6 Å². The van der Waals surface area contributed by atoms with Crippen LogP contribution in [0, 0.1) is 0 Å². The van der Waals surface area contributed by atoms with Crippen LogP contribution in [0.1, 0.15) is 35.9 Å². The average Bonchev–Trinajstić information content (AvgIpc) is 3.09. The van der Waals surface area contributed by atoms with Crippen LogP contribution in [-0.2, 0) is 0 Å². The molecule has 3 rings (SSSR count). The summed E-state index contributed by atoms with van der Waals surface area (Å²) < 4.78 is 5.71. The fourth-order valence-electron chi connectivity index (χ4n) is 2.50. The zero-order valence-corrected chi connectivity index (χ0v) is 11.8. The molecule has 1 N–H and O–H groups in total. The first-order valence-electron chi connectivity index (χ1n) is 6.73. The molecule has 2 aromatic rings. The standard InChI is InChI=1S/C15H18N2OS/c1-2-13(15-16-7-8-19-15)17-9-11-10-18-14-6-4-3-5-12(11)14/h3-8,11,13,17H,2,9-10H2,1H3. The Labute approximate surface area is 117 Å². The molecule has 4 heteroatoms. The molecule has 2 atom stereocenters. The highest BCUT2D eigenvalue weighted by Crippen LogP contribution is 2.33. The lowest BCUT2D eigenvalue weighted by atomic mass is 10.0. The number of hydrogen-bond acceptors (Lipinski definition) is 4. The minimum atomic E-state index is 0.354. The summed E-state index contributed by atoms with van der Waals surface area (Å²) in [7, 11) is 0. The molecule has 1 aliphatic rings. The van der Waals surface area contributed by atoms with Crippen LogP contribution in [0.2, 0.25) is 0 Å². The Morgan fingerprint density at radius 3 is 3.16 bits per heavy atom. The minimum Gasteiger partial charge on any atom is -0.493 e. The Bertz CT molecular complexity index is 527. The molecule has 0 amide bonds. The van der Waals surface area contributed by atoms with Crippen molar-refractivity contribution in [3.05, 3.63) is 46.4 Å². The molecule has 1 aromatic carbocycles. The SMILES string of the molecule is CCC(NCC1COc2ccccc21)c1nccs1. The minimum absolute atomic E-state index is 0.354. The Morgan fingerprint density at radius 1 is 1.47 bits per heavy atom. The van der Waals surface area contributed by atoms with Crippen molar-refractivity contribution in [2.45, 2.75) is 25.3 Å². The summed E-state index contributed by atoms with van der Waals surface area (Å²) in [4.78, 5) is 4.40. The molecule has 1 aliphatic heterocycles. The van der Waals surface area contributed by atoms with Gasteiger partial charge in [-0.2, -0.15) is 0 Å². The molecule has 0 aliphatic carbocycles. The van der Waals surface area contributed by atoms with Gasteiger partial charge in [-0.1, -0.05) is 25.1 Å². The molecule has 0 bridgehead atoms. The third kappa shape index (κ3) is 2.65. The van der Waals surface area contributed by atoms with Crippen LogP contribution in [0.4, 0.5) is 0 Å². The van der Waals surface area contributed by atoms with Crippen molar-refractivity contribution in [3.8, 4) is 5.75 Å². The summed E-state index contributed by atoms with van der Waals surface area (Å²) in [6.45, 7) is 3.91. The quantitative estimate of drug-likeness (QED) is 0.908. The highest BCUT2D eigenvalue weighted by Gasteiger charge is 2.24. The number of fused-ring (bicyclic) bond motifs is 1. The molecule has 19 heavy (non-hydrogen) atoms. The normalized spacial score (nSPS) is 18.9. The number of rotatable bonds is 5. The molecule has 1 aromatic heterocycles. The number of aromatic nitrogens is 1. The van der Waals surface area contributed by atoms with Crippen molar-refractivity contribution in [1.29, 1.82) is 0 Å². The molecule has 0 radical (unpaired) electrons. The maximum atomic E-state index is 5.71. The van der Waals surface area contributed by atoms with Crippen LogP contribution < -0.4 is 10.1 Å². The van der Waals surface area contributed by atoms with Crippen molar-refractivity contribution in [2.24, 2.45) is 0 Å². The first kappa shape index (κ1) is 12.6. The van der Waals surface area contributed by atoms with Gasteiger partial charge in [-0.3, -0.25) is 0 Å². The van der Waals surface area contributed by atoms with E-state index in [0.29, 0.717) is 12.0 Å². The van der Waals surface area contributed by atoms with Gasteiger partial charge in [0, 0.05) is 29.6 Å². The number of nitrogens with zero attached hydrogens (tertiary/aromatic N) is 1. The predicted molar refractivity (Wildman–Crippen MR) is 77.8 cm³/mol. The highest BCUT2D eigenvalue weighted by molar-refractivity contribution is 7.09. The van der Waals surface area contributed by atoms with Gasteiger partial charge in [0.15, 0.2) is 0 Å². The van der Waals surface area contributed by atoms with Crippen LogP contribution in [0.5, 0.6) is 5.75 Å². The van der Waals surface area contributed by atoms with E-state index in [2.05, 4.69) is 29.4 Å². The lowest BCUT2D eigenvalue weighted by molar-refractivity contribution is 0.321. The van der Waals surface area contributed by atoms with Gasteiger partial charge in [0.1, 0.15) is 10.8 Å². The van der Waals surface area contributed by atoms with E-state index in [1.54, 1.807) is 11.3 Å². The third-order valence-corrected chi connectivity index (χ3v) is 4.46. The maximum Gasteiger partial charge on any atom is 0.122 e. The van der Waals surface area contributed by atoms with Crippen LogP contribution >= 0.6 is 11.3 Å². The molecule has 0 fully saturated rings. The maximum absolute atomic E-state index is 5.71. The Morgan fingerprint density at radius 2 is 2.37 bits per heavy atom. The predicted octanol–water partition coefficient (Wildman–Crippen LogP) is 3.36. The second-order valence-corrected chi connectivity index (χ2v) is 5.71. The summed E-state index contributed by atoms with van der Waals surface area (Å²) >= 11 is 1.72. The average molecular weight is 274 g/mol. The lowest BCUT2D eigenvalue weighted by Crippen LogP contribution is -2.26. The van der Waals surface area contributed by atoms with Crippen molar-refractivity contribution in [3.63, 3.8) is 0 Å². The molecule has 0 saturated heterocycles. The van der Waals surface area contributed by atoms with Crippen LogP contribution in [0.25, 0.3) is 0 Å². The van der Waals surface area contributed by atoms with Gasteiger partial charge in [-0.05, 0) is 12.5 Å². The lowest BCUT2D eigenvalue weighted by Gasteiger charge is -2.17. The van der Waals surface area contributed by atoms with Gasteiger partial charge < -0.3 is 10.1 Å². The van der Waals surface area contributed by atoms with E-state index in [0.717, 1.165) is 25.3 Å². The van der Waals surface area contributed by atoms with E-state index in [4.69, 9.17) is 4.74 Å². The number of nitrogens with one attached hydrogen (secondary N) is 1. The Hall–Kier alpha value is -1.39. The molecular weight excluding hydrogens is 256 g/mol. The van der Waals surface area contributed by atoms with Crippen molar-refractivity contribution >= 4 is 11.3 Å². The van der Waals surface area contributed by atoms with E-state index in [1.165, 1.54) is 10.6 Å². The van der Waals surface area contributed by atoms with Gasteiger partial charge >= 0.3 is 0 Å². The summed E-state index contributed by atoms with van der Waals surface area (Å²) in [5.41, 5.74) is 1.32. The van der Waals surface area contributed by atoms with Crippen LogP contribution in [0.15, 0.2) is 35.8 Å². The van der Waals surface area contributed by atoms with Gasteiger partial charge in [0.25, 0.3) is 0 Å². The Kier molecular flexibility index (Phi) is 3.80. The molecule has 0 spiro atoms. The molecule has 3 nitrogen and oxygen atoms in total. The topological polar surface area (TPSA) is 34.1 Å². The molecule has 2 heterocycles. The molecular formula is C15H18N2OS. The highest BCUT2D eigenvalue weighted by atomic mass is 32.1. The smallest absolute Gasteiger partial charge is 0.122 e. The number of benzene rings is 1. The monoisotopic (exact) mass is 274 g/mol. The first-order chi connectivity index (χ1) is 9.38. The summed E-state index contributed by atoms with van der Waals surface area (Å²) in [6, 6.07) is 8.68. The van der Waals surface area contributed by atoms with Crippen LogP contribution in [-0.4, -0.2) is 18.1 Å². The number of hydrogen-bond donors (Lipinski definition) is 1. The van der Waals surface area contributed by atoms with Crippen molar-refractivity contribution in [2.75, 3.05) is 13.2 Å². The van der Waals surface area contributed by atoms with E-state index < -0.39 is 0 Å². The molecule has 100 valence electrons. The van der Waals surface area contributed by atoms with E-state index in [9.17, 15) is 0 Å². The van der Waals surface area contributed by atoms with Gasteiger partial charge in [-0.15, -0.1) is 11.3 Å². The summed E-state index contributed by atoms with van der Waals surface area (Å²) in [6.07, 6.45) is 2.93. The van der Waals surface area contributed by atoms with E-state index >= 15 is 0 Å². The molecule has 2 unspecified atom stereocenters. The van der Waals surface area contributed by atoms with Crippen LogP contribution in [0.3, 0.4) is 0 Å². The number of thiazole rings is 1. The fraction of sp³-hybridized carbons (Fsp3) is 0.400. The van der Waals surface area contributed by atoms with Crippen molar-refractivity contribution in [1.82, 2.24) is 10.3 Å². The zero-order valence-electron chi connectivity index (χ0n) is 11.0. The van der Waals surface area contributed by atoms with Gasteiger partial charge in [0.2, 0.25) is 0 Å². The number of ether oxygens (including phenoxy) is 1. The number of para-hydroxylation sites is 1. The van der Waals surface area contributed by atoms with E-state index in [1.807, 2.05) is 23.7 Å². The van der Waals surface area contributed by atoms with Gasteiger partial charge in [-0.25, -0.2) is 4.98 Å². The fourth-order valence-corrected chi connectivity index (χ4v) is 3.29. The summed E-state index contributed by atoms with van der Waals surface area (Å²) in [5.74, 6) is 1.49. The Balaban J connectivity index is 1.64. The molecule has 0 saturated carbocycles. The summed E-state index contributed by atoms with van der Waals surface area (Å²) in [5, 5.41) is 6.83. The zero-order chi connectivity index (χ0) is 13.1. The first-order valence-corrected chi connectivity index (χ1v) is 7.61. The second kappa shape index (κ2) is 5.72. The van der Waals surface area contributed by atoms with E-state index in [-0.39, 0.29) is 0 Å². The van der Waals surface area contributed by atoms with Crippen molar-refractivity contribution < 1.29 is 4.74 Å².